The van der Waals surface area contributed by atoms with E-state index in [2.05, 4.69) is 22.2 Å². The fourth-order valence-corrected chi connectivity index (χ4v) is 2.21. The summed E-state index contributed by atoms with van der Waals surface area (Å²) in [4.78, 5) is 4.34. The number of hydrogen-bond donors (Lipinski definition) is 2. The third-order valence-corrected chi connectivity index (χ3v) is 2.97. The molecule has 0 saturated carbocycles. The van der Waals surface area contributed by atoms with Crippen molar-refractivity contribution in [1.82, 2.24) is 19.3 Å². The number of aromatic nitrogens is 4. The van der Waals surface area contributed by atoms with Crippen molar-refractivity contribution in [3.05, 3.63) is 29.5 Å². The maximum absolute atomic E-state index is 8.92. The van der Waals surface area contributed by atoms with Crippen LogP contribution in [0.3, 0.4) is 0 Å². The van der Waals surface area contributed by atoms with Gasteiger partial charge in [0.1, 0.15) is 11.6 Å². The number of aryl methyl sites for hydroxylation is 3. The van der Waals surface area contributed by atoms with Crippen molar-refractivity contribution < 1.29 is 5.21 Å². The van der Waals surface area contributed by atoms with Gasteiger partial charge in [0.15, 0.2) is 5.84 Å². The zero-order valence-corrected chi connectivity index (χ0v) is 11.3. The Morgan fingerprint density at radius 3 is 2.89 bits per heavy atom. The molecule has 2 aromatic rings. The van der Waals surface area contributed by atoms with Crippen molar-refractivity contribution in [3.8, 4) is 5.82 Å². The van der Waals surface area contributed by atoms with Gasteiger partial charge < -0.3 is 10.9 Å². The third kappa shape index (κ3) is 2.18. The highest BCUT2D eigenvalue weighted by Gasteiger charge is 2.20. The molecule has 0 bridgehead atoms. The normalized spacial score (nSPS) is 12.1. The van der Waals surface area contributed by atoms with Gasteiger partial charge in [-0.2, -0.15) is 5.10 Å². The molecule has 3 N–H and O–H groups in total. The van der Waals surface area contributed by atoms with Crippen molar-refractivity contribution in [2.45, 2.75) is 26.7 Å². The highest BCUT2D eigenvalue weighted by Crippen LogP contribution is 2.19. The number of hydrogen-bond acceptors (Lipinski definition) is 4. The molecular formula is C12H18N6O. The van der Waals surface area contributed by atoms with E-state index in [9.17, 15) is 0 Å². The maximum Gasteiger partial charge on any atom is 0.175 e. The van der Waals surface area contributed by atoms with Crippen LogP contribution in [0, 0.1) is 6.92 Å². The summed E-state index contributed by atoms with van der Waals surface area (Å²) < 4.78 is 3.64. The summed E-state index contributed by atoms with van der Waals surface area (Å²) in [5.41, 5.74) is 7.09. The largest absolute Gasteiger partial charge is 0.409 e. The first kappa shape index (κ1) is 13.1. The SMILES string of the molecule is CCCc1nccn1-c1c(C(N)=NO)c(C)nn1C. The van der Waals surface area contributed by atoms with Crippen molar-refractivity contribution >= 4 is 5.84 Å². The minimum atomic E-state index is 0.0525. The van der Waals surface area contributed by atoms with E-state index in [1.165, 1.54) is 0 Å². The van der Waals surface area contributed by atoms with Crippen LogP contribution >= 0.6 is 0 Å². The first-order valence-electron chi connectivity index (χ1n) is 6.14. The summed E-state index contributed by atoms with van der Waals surface area (Å²) in [6, 6.07) is 0. The number of nitrogens with two attached hydrogens (primary N) is 1. The van der Waals surface area contributed by atoms with Gasteiger partial charge >= 0.3 is 0 Å². The molecule has 0 aliphatic rings. The van der Waals surface area contributed by atoms with Gasteiger partial charge in [0.05, 0.1) is 11.3 Å². The maximum atomic E-state index is 8.92. The number of rotatable bonds is 4. The zero-order chi connectivity index (χ0) is 14.0. The van der Waals surface area contributed by atoms with E-state index in [0.29, 0.717) is 11.3 Å². The van der Waals surface area contributed by atoms with Crippen molar-refractivity contribution in [2.24, 2.45) is 17.9 Å². The monoisotopic (exact) mass is 262 g/mol. The van der Waals surface area contributed by atoms with Gasteiger partial charge in [-0.3, -0.25) is 9.25 Å². The Morgan fingerprint density at radius 1 is 1.53 bits per heavy atom. The molecule has 102 valence electrons. The number of oxime groups is 1. The molecule has 0 aliphatic carbocycles. The molecule has 2 rings (SSSR count). The lowest BCUT2D eigenvalue weighted by Gasteiger charge is -2.10. The fraction of sp³-hybridized carbons (Fsp3) is 0.417. The highest BCUT2D eigenvalue weighted by atomic mass is 16.4. The molecule has 0 unspecified atom stereocenters. The predicted octanol–water partition coefficient (Wildman–Crippen LogP) is 0.961. The van der Waals surface area contributed by atoms with Gasteiger partial charge in [-0.25, -0.2) is 4.98 Å². The van der Waals surface area contributed by atoms with Gasteiger partial charge in [-0.15, -0.1) is 0 Å². The molecule has 7 heteroatoms. The van der Waals surface area contributed by atoms with Crippen molar-refractivity contribution in [3.63, 3.8) is 0 Å². The van der Waals surface area contributed by atoms with E-state index >= 15 is 0 Å². The molecule has 0 aromatic carbocycles. The summed E-state index contributed by atoms with van der Waals surface area (Å²) in [5.74, 6) is 1.74. The van der Waals surface area contributed by atoms with E-state index < -0.39 is 0 Å². The molecule has 0 atom stereocenters. The van der Waals surface area contributed by atoms with Crippen LogP contribution in [0.1, 0.15) is 30.4 Å². The molecule has 7 nitrogen and oxygen atoms in total. The second-order valence-corrected chi connectivity index (χ2v) is 4.36. The second-order valence-electron chi connectivity index (χ2n) is 4.36. The smallest absolute Gasteiger partial charge is 0.175 e. The quantitative estimate of drug-likeness (QED) is 0.371. The first-order valence-corrected chi connectivity index (χ1v) is 6.14. The van der Waals surface area contributed by atoms with E-state index in [0.717, 1.165) is 24.5 Å². The van der Waals surface area contributed by atoms with Crippen LogP contribution in [0.2, 0.25) is 0 Å². The van der Waals surface area contributed by atoms with Gasteiger partial charge in [0, 0.05) is 25.9 Å². The Kier molecular flexibility index (Phi) is 3.55. The van der Waals surface area contributed by atoms with Gasteiger partial charge in [-0.05, 0) is 13.3 Å². The van der Waals surface area contributed by atoms with Crippen molar-refractivity contribution in [2.75, 3.05) is 0 Å². The van der Waals surface area contributed by atoms with Gasteiger partial charge in [-0.1, -0.05) is 12.1 Å². The molecule has 0 aliphatic heterocycles. The topological polar surface area (TPSA) is 94.2 Å². The highest BCUT2D eigenvalue weighted by molar-refractivity contribution is 6.01. The Bertz CT molecular complexity index is 610. The average Bonchev–Trinajstić information content (AvgIpc) is 2.93. The number of imidazole rings is 1. The van der Waals surface area contributed by atoms with Gasteiger partial charge in [0.2, 0.25) is 0 Å². The molecule has 0 radical (unpaired) electrons. The van der Waals surface area contributed by atoms with Crippen LogP contribution in [0.15, 0.2) is 17.5 Å². The Morgan fingerprint density at radius 2 is 2.26 bits per heavy atom. The van der Waals surface area contributed by atoms with Crippen molar-refractivity contribution in [1.29, 1.82) is 0 Å². The third-order valence-electron chi connectivity index (χ3n) is 2.97. The minimum absolute atomic E-state index is 0.0525. The van der Waals surface area contributed by atoms with Crippen LogP contribution in [0.25, 0.3) is 5.82 Å². The minimum Gasteiger partial charge on any atom is -0.409 e. The summed E-state index contributed by atoms with van der Waals surface area (Å²) in [5, 5.41) is 16.3. The Labute approximate surface area is 111 Å². The fourth-order valence-electron chi connectivity index (χ4n) is 2.21. The first-order chi connectivity index (χ1) is 9.10. The van der Waals surface area contributed by atoms with E-state index in [1.54, 1.807) is 10.9 Å². The van der Waals surface area contributed by atoms with E-state index in [4.69, 9.17) is 10.9 Å². The van der Waals surface area contributed by atoms with Crippen LogP contribution in [-0.4, -0.2) is 30.4 Å². The Balaban J connectivity index is 2.65. The molecule has 2 aromatic heterocycles. The number of amidine groups is 1. The summed E-state index contributed by atoms with van der Waals surface area (Å²) in [7, 11) is 1.83. The van der Waals surface area contributed by atoms with Crippen LogP contribution in [0.5, 0.6) is 0 Å². The zero-order valence-electron chi connectivity index (χ0n) is 11.3. The van der Waals surface area contributed by atoms with Crippen LogP contribution < -0.4 is 5.73 Å². The lowest BCUT2D eigenvalue weighted by atomic mass is 10.2. The Hall–Kier alpha value is -2.31. The summed E-state index contributed by atoms with van der Waals surface area (Å²) in [6.07, 6.45) is 5.44. The van der Waals surface area contributed by atoms with Crippen LogP contribution in [0.4, 0.5) is 0 Å². The van der Waals surface area contributed by atoms with Gasteiger partial charge in [0.25, 0.3) is 0 Å². The molecule has 0 amide bonds. The standard InChI is InChI=1S/C12H18N6O/c1-4-5-9-14-6-7-18(9)12-10(11(13)16-19)8(2)15-17(12)3/h6-7,19H,4-5H2,1-3H3,(H2,13,16). The molecule has 2 heterocycles. The molecule has 19 heavy (non-hydrogen) atoms. The average molecular weight is 262 g/mol. The van der Waals surface area contributed by atoms with E-state index in [1.807, 2.05) is 24.7 Å². The van der Waals surface area contributed by atoms with Crippen LogP contribution in [-0.2, 0) is 13.5 Å². The lowest BCUT2D eigenvalue weighted by Crippen LogP contribution is -2.18. The molecule has 0 fully saturated rings. The lowest BCUT2D eigenvalue weighted by molar-refractivity contribution is 0.318. The predicted molar refractivity (Wildman–Crippen MR) is 71.6 cm³/mol. The number of nitrogens with zero attached hydrogens (tertiary/aromatic N) is 5. The second kappa shape index (κ2) is 5.13. The summed E-state index contributed by atoms with van der Waals surface area (Å²) >= 11 is 0. The molecule has 0 saturated heterocycles. The molecule has 0 spiro atoms. The van der Waals surface area contributed by atoms with E-state index in [-0.39, 0.29) is 5.84 Å². The molecular weight excluding hydrogens is 244 g/mol. The summed E-state index contributed by atoms with van der Waals surface area (Å²) in [6.45, 7) is 3.92.